The summed E-state index contributed by atoms with van der Waals surface area (Å²) in [6, 6.07) is 8.98. The number of halogens is 1. The van der Waals surface area contributed by atoms with Crippen LogP contribution in [-0.4, -0.2) is 25.1 Å². The monoisotopic (exact) mass is 279 g/mol. The smallest absolute Gasteiger partial charge is 0.118 e. The second-order valence-electron chi connectivity index (χ2n) is 4.99. The van der Waals surface area contributed by atoms with Gasteiger partial charge in [-0.15, -0.1) is 0 Å². The lowest BCUT2D eigenvalue weighted by Crippen LogP contribution is -2.28. The highest BCUT2D eigenvalue weighted by atomic mass is 35.5. The fourth-order valence-electron chi connectivity index (χ4n) is 2.77. The molecule has 1 aliphatic rings. The fraction of sp³-hybridized carbons (Fsp3) is 0.500. The van der Waals surface area contributed by atoms with Gasteiger partial charge in [0.15, 0.2) is 0 Å². The normalized spacial score (nSPS) is 21.5. The van der Waals surface area contributed by atoms with Crippen LogP contribution >= 0.6 is 11.6 Å². The first-order chi connectivity index (χ1) is 9.35. The molecule has 1 aromatic carbocycles. The minimum Gasteiger partial charge on any atom is -0.497 e. The van der Waals surface area contributed by atoms with Crippen molar-refractivity contribution in [1.29, 1.82) is 0 Å². The minimum atomic E-state index is 0.501. The van der Waals surface area contributed by atoms with Gasteiger partial charge in [-0.1, -0.05) is 42.7 Å². The number of hydrogen-bond acceptors (Lipinski definition) is 2. The fourth-order valence-corrected chi connectivity index (χ4v) is 2.84. The lowest BCUT2D eigenvalue weighted by molar-refractivity contribution is 0.224. The molecule has 2 nitrogen and oxygen atoms in total. The molecule has 3 heteroatoms. The van der Waals surface area contributed by atoms with Crippen LogP contribution in [0, 0.1) is 0 Å². The molecule has 0 amide bonds. The first-order valence-corrected chi connectivity index (χ1v) is 7.42. The van der Waals surface area contributed by atoms with Gasteiger partial charge in [0.1, 0.15) is 5.75 Å². The Kier molecular flexibility index (Phi) is 5.74. The molecule has 0 spiro atoms. The predicted octanol–water partition coefficient (Wildman–Crippen LogP) is 4.36. The molecule has 0 saturated carbocycles. The van der Waals surface area contributed by atoms with E-state index in [0.29, 0.717) is 6.04 Å². The molecule has 0 N–H and O–H groups in total. The molecule has 1 heterocycles. The van der Waals surface area contributed by atoms with Gasteiger partial charge in [0.25, 0.3) is 0 Å². The highest BCUT2D eigenvalue weighted by Gasteiger charge is 2.21. The van der Waals surface area contributed by atoms with Crippen molar-refractivity contribution in [3.8, 4) is 5.75 Å². The van der Waals surface area contributed by atoms with E-state index >= 15 is 0 Å². The van der Waals surface area contributed by atoms with E-state index in [2.05, 4.69) is 29.2 Å². The van der Waals surface area contributed by atoms with Crippen molar-refractivity contribution in [3.05, 3.63) is 41.4 Å². The van der Waals surface area contributed by atoms with E-state index in [-0.39, 0.29) is 0 Å². The van der Waals surface area contributed by atoms with Gasteiger partial charge in [-0.3, -0.25) is 4.90 Å². The summed E-state index contributed by atoms with van der Waals surface area (Å²) in [4.78, 5) is 2.52. The van der Waals surface area contributed by atoms with E-state index in [1.165, 1.54) is 31.2 Å². The molecular weight excluding hydrogens is 258 g/mol. The Hall–Kier alpha value is -0.990. The number of hydrogen-bond donors (Lipinski definition) is 0. The largest absolute Gasteiger partial charge is 0.497 e. The second-order valence-corrected chi connectivity index (χ2v) is 5.25. The second kappa shape index (κ2) is 7.56. The topological polar surface area (TPSA) is 12.5 Å². The van der Waals surface area contributed by atoms with E-state index in [0.717, 1.165) is 18.8 Å². The van der Waals surface area contributed by atoms with Crippen LogP contribution in [0.2, 0.25) is 0 Å². The Morgan fingerprint density at radius 2 is 2.05 bits per heavy atom. The molecule has 0 bridgehead atoms. The van der Waals surface area contributed by atoms with Crippen LogP contribution < -0.4 is 4.74 Å². The van der Waals surface area contributed by atoms with E-state index in [1.807, 2.05) is 6.08 Å². The van der Waals surface area contributed by atoms with Crippen LogP contribution in [0.5, 0.6) is 5.75 Å². The highest BCUT2D eigenvalue weighted by Crippen LogP contribution is 2.30. The van der Waals surface area contributed by atoms with Gasteiger partial charge in [0.05, 0.1) is 7.11 Å². The maximum Gasteiger partial charge on any atom is 0.118 e. The van der Waals surface area contributed by atoms with Crippen molar-refractivity contribution in [2.24, 2.45) is 0 Å². The summed E-state index contributed by atoms with van der Waals surface area (Å²) in [6.07, 6.45) is 7.17. The van der Waals surface area contributed by atoms with Crippen molar-refractivity contribution in [3.63, 3.8) is 0 Å². The van der Waals surface area contributed by atoms with E-state index in [9.17, 15) is 0 Å². The van der Waals surface area contributed by atoms with Crippen LogP contribution in [0.25, 0.3) is 0 Å². The summed E-state index contributed by atoms with van der Waals surface area (Å²) in [5.74, 6) is 0.921. The minimum absolute atomic E-state index is 0.501. The quantitative estimate of drug-likeness (QED) is 0.812. The number of ether oxygens (including phenoxy) is 1. The summed E-state index contributed by atoms with van der Waals surface area (Å²) in [7, 11) is 1.71. The predicted molar refractivity (Wildman–Crippen MR) is 80.8 cm³/mol. The number of methoxy groups -OCH3 is 1. The molecule has 1 saturated heterocycles. The van der Waals surface area contributed by atoms with Crippen LogP contribution in [0.3, 0.4) is 0 Å². The van der Waals surface area contributed by atoms with Gasteiger partial charge in [-0.25, -0.2) is 0 Å². The molecule has 1 atom stereocenters. The lowest BCUT2D eigenvalue weighted by Gasteiger charge is -2.29. The first-order valence-electron chi connectivity index (χ1n) is 6.98. The Labute approximate surface area is 121 Å². The molecule has 1 unspecified atom stereocenters. The third-order valence-electron chi connectivity index (χ3n) is 3.79. The lowest BCUT2D eigenvalue weighted by atomic mass is 10.0. The molecule has 0 aromatic heterocycles. The van der Waals surface area contributed by atoms with Crippen LogP contribution in [0.1, 0.15) is 37.3 Å². The molecule has 0 aliphatic carbocycles. The van der Waals surface area contributed by atoms with Crippen LogP contribution in [-0.2, 0) is 0 Å². The molecule has 0 radical (unpaired) electrons. The van der Waals surface area contributed by atoms with Gasteiger partial charge in [0.2, 0.25) is 0 Å². The zero-order valence-corrected chi connectivity index (χ0v) is 12.3. The maximum atomic E-state index is 5.67. The van der Waals surface area contributed by atoms with Gasteiger partial charge in [-0.2, -0.15) is 0 Å². The van der Waals surface area contributed by atoms with Gasteiger partial charge >= 0.3 is 0 Å². The zero-order valence-electron chi connectivity index (χ0n) is 11.5. The van der Waals surface area contributed by atoms with E-state index in [1.54, 1.807) is 12.6 Å². The first kappa shape index (κ1) is 14.4. The molecule has 1 fully saturated rings. The SMILES string of the molecule is COc1ccc(C2CCCCCN2C/C=C/Cl)cc1. The molecule has 19 heavy (non-hydrogen) atoms. The Bertz CT molecular complexity index is 402. The van der Waals surface area contributed by atoms with Crippen molar-refractivity contribution in [1.82, 2.24) is 4.90 Å². The molecular formula is C16H22ClNO. The number of likely N-dealkylation sites (tertiary alicyclic amines) is 1. The average Bonchev–Trinajstić information content (AvgIpc) is 2.70. The van der Waals surface area contributed by atoms with E-state index in [4.69, 9.17) is 16.3 Å². The van der Waals surface area contributed by atoms with Gasteiger partial charge in [-0.05, 0) is 37.1 Å². The third kappa shape index (κ3) is 3.99. The third-order valence-corrected chi connectivity index (χ3v) is 3.97. The molecule has 1 aliphatic heterocycles. The molecule has 2 rings (SSSR count). The summed E-state index contributed by atoms with van der Waals surface area (Å²) in [5.41, 5.74) is 3.00. The number of nitrogens with zero attached hydrogens (tertiary/aromatic N) is 1. The average molecular weight is 280 g/mol. The van der Waals surface area contributed by atoms with E-state index < -0.39 is 0 Å². The molecule has 1 aromatic rings. The Morgan fingerprint density at radius 1 is 1.26 bits per heavy atom. The maximum absolute atomic E-state index is 5.67. The number of rotatable bonds is 4. The summed E-state index contributed by atoms with van der Waals surface area (Å²) in [5, 5.41) is 0. The van der Waals surface area contributed by atoms with Crippen molar-refractivity contribution in [2.45, 2.75) is 31.7 Å². The van der Waals surface area contributed by atoms with Gasteiger partial charge < -0.3 is 4.74 Å². The van der Waals surface area contributed by atoms with Crippen molar-refractivity contribution in [2.75, 3.05) is 20.2 Å². The molecule has 104 valence electrons. The summed E-state index contributed by atoms with van der Waals surface area (Å²) >= 11 is 5.67. The van der Waals surface area contributed by atoms with Gasteiger partial charge in [0, 0.05) is 18.1 Å². The summed E-state index contributed by atoms with van der Waals surface area (Å²) < 4.78 is 5.23. The van der Waals surface area contributed by atoms with Crippen LogP contribution in [0.15, 0.2) is 35.9 Å². The van der Waals surface area contributed by atoms with Crippen LogP contribution in [0.4, 0.5) is 0 Å². The highest BCUT2D eigenvalue weighted by molar-refractivity contribution is 6.25. The zero-order chi connectivity index (χ0) is 13.5. The van der Waals surface area contributed by atoms with Crippen molar-refractivity contribution < 1.29 is 4.74 Å². The Morgan fingerprint density at radius 3 is 2.74 bits per heavy atom. The Balaban J connectivity index is 2.15. The van der Waals surface area contributed by atoms with Crippen molar-refractivity contribution >= 4 is 11.6 Å². The standard InChI is InChI=1S/C16H22ClNO/c1-19-15-9-7-14(8-10-15)16-6-3-2-4-12-18(16)13-5-11-17/h5,7-11,16H,2-4,6,12-13H2,1H3/b11-5+. The number of benzene rings is 1. The summed E-state index contributed by atoms with van der Waals surface area (Å²) in [6.45, 7) is 2.08.